The highest BCUT2D eigenvalue weighted by Gasteiger charge is 2.38. The maximum atomic E-state index is 12.8. The molecule has 0 aliphatic heterocycles. The highest BCUT2D eigenvalue weighted by atomic mass is 19.4. The number of nitrogens with zero attached hydrogens (tertiary/aromatic N) is 4. The van der Waals surface area contributed by atoms with Gasteiger partial charge in [-0.3, -0.25) is 14.8 Å². The molecule has 0 radical (unpaired) electrons. The van der Waals surface area contributed by atoms with Crippen LogP contribution in [0, 0.1) is 10.1 Å². The molecule has 0 bridgehead atoms. The lowest BCUT2D eigenvalue weighted by molar-refractivity contribution is -0.388. The first kappa shape index (κ1) is 14.8. The van der Waals surface area contributed by atoms with Gasteiger partial charge < -0.3 is 5.32 Å². The maximum absolute atomic E-state index is 12.8. The Kier molecular flexibility index (Phi) is 4.05. The molecule has 0 amide bonds. The average Bonchev–Trinajstić information content (AvgIpc) is 2.90. The van der Waals surface area contributed by atoms with Crippen molar-refractivity contribution in [3.05, 3.63) is 46.3 Å². The lowest BCUT2D eigenvalue weighted by Crippen LogP contribution is -2.13. The molecular formula is C11H10F3N5O2. The number of halogens is 3. The van der Waals surface area contributed by atoms with E-state index in [0.29, 0.717) is 13.1 Å². The van der Waals surface area contributed by atoms with Gasteiger partial charge in [0, 0.05) is 24.5 Å². The molecule has 7 nitrogen and oxygen atoms in total. The Morgan fingerprint density at radius 2 is 2.14 bits per heavy atom. The van der Waals surface area contributed by atoms with Crippen LogP contribution in [0.15, 0.2) is 30.6 Å². The fraction of sp³-hybridized carbons (Fsp3) is 0.273. The molecule has 10 heteroatoms. The molecule has 0 aliphatic rings. The summed E-state index contributed by atoms with van der Waals surface area (Å²) in [6.07, 6.45) is -1.70. The van der Waals surface area contributed by atoms with E-state index in [0.717, 1.165) is 12.1 Å². The number of nitro benzene ring substituents is 1. The van der Waals surface area contributed by atoms with Gasteiger partial charge in [-0.25, -0.2) is 0 Å². The van der Waals surface area contributed by atoms with Crippen molar-refractivity contribution in [1.29, 1.82) is 0 Å². The highest BCUT2D eigenvalue weighted by Crippen LogP contribution is 2.37. The minimum absolute atomic E-state index is 0.146. The van der Waals surface area contributed by atoms with Gasteiger partial charge in [-0.05, 0) is 12.1 Å². The van der Waals surface area contributed by atoms with Crippen LogP contribution in [0.5, 0.6) is 0 Å². The lowest BCUT2D eigenvalue weighted by atomic mass is 10.1. The van der Waals surface area contributed by atoms with Gasteiger partial charge in [-0.1, -0.05) is 5.21 Å². The molecule has 0 fully saturated rings. The van der Waals surface area contributed by atoms with Crippen LogP contribution >= 0.6 is 0 Å². The topological polar surface area (TPSA) is 85.9 Å². The van der Waals surface area contributed by atoms with Gasteiger partial charge in [0.05, 0.1) is 17.7 Å². The van der Waals surface area contributed by atoms with Crippen LogP contribution in [-0.4, -0.2) is 26.5 Å². The Bertz CT molecular complexity index is 627. The summed E-state index contributed by atoms with van der Waals surface area (Å²) < 4.78 is 39.8. The number of aromatic nitrogens is 3. The lowest BCUT2D eigenvalue weighted by Gasteiger charge is -2.11. The number of alkyl halides is 3. The minimum atomic E-state index is -4.79. The van der Waals surface area contributed by atoms with Crippen molar-refractivity contribution in [3.8, 4) is 0 Å². The number of anilines is 1. The SMILES string of the molecule is O=[N+]([O-])c1ccc(NCCn2ccnn2)cc1C(F)(F)F. The first-order chi connectivity index (χ1) is 9.88. The number of nitro groups is 1. The second-order valence-corrected chi connectivity index (χ2v) is 4.08. The molecule has 112 valence electrons. The second-order valence-electron chi connectivity index (χ2n) is 4.08. The summed E-state index contributed by atoms with van der Waals surface area (Å²) in [5.41, 5.74) is -2.10. The van der Waals surface area contributed by atoms with Crippen LogP contribution in [0.1, 0.15) is 5.56 Å². The van der Waals surface area contributed by atoms with Crippen molar-refractivity contribution in [2.75, 3.05) is 11.9 Å². The fourth-order valence-corrected chi connectivity index (χ4v) is 1.70. The molecule has 0 aliphatic carbocycles. The van der Waals surface area contributed by atoms with E-state index in [1.54, 1.807) is 6.20 Å². The maximum Gasteiger partial charge on any atom is 0.423 e. The Hall–Kier alpha value is -2.65. The first-order valence-corrected chi connectivity index (χ1v) is 5.81. The smallest absolute Gasteiger partial charge is 0.383 e. The normalized spacial score (nSPS) is 11.4. The van der Waals surface area contributed by atoms with E-state index < -0.39 is 22.4 Å². The van der Waals surface area contributed by atoms with Gasteiger partial charge in [0.25, 0.3) is 5.69 Å². The minimum Gasteiger partial charge on any atom is -0.383 e. The summed E-state index contributed by atoms with van der Waals surface area (Å²) in [4.78, 5) is 9.56. The molecule has 2 rings (SSSR count). The molecule has 0 atom stereocenters. The Morgan fingerprint density at radius 1 is 1.38 bits per heavy atom. The van der Waals surface area contributed by atoms with Crippen LogP contribution in [-0.2, 0) is 12.7 Å². The Balaban J connectivity index is 2.12. The number of hydrogen-bond acceptors (Lipinski definition) is 5. The number of hydrogen-bond donors (Lipinski definition) is 1. The van der Waals surface area contributed by atoms with Crippen LogP contribution in [0.4, 0.5) is 24.5 Å². The summed E-state index contributed by atoms with van der Waals surface area (Å²) in [7, 11) is 0. The van der Waals surface area contributed by atoms with E-state index in [-0.39, 0.29) is 5.69 Å². The summed E-state index contributed by atoms with van der Waals surface area (Å²) in [6.45, 7) is 0.705. The van der Waals surface area contributed by atoms with Crippen molar-refractivity contribution in [2.45, 2.75) is 12.7 Å². The summed E-state index contributed by atoms with van der Waals surface area (Å²) in [5.74, 6) is 0. The van der Waals surface area contributed by atoms with Gasteiger partial charge >= 0.3 is 6.18 Å². The molecule has 2 aromatic rings. The average molecular weight is 301 g/mol. The third-order valence-corrected chi connectivity index (χ3v) is 2.64. The fourth-order valence-electron chi connectivity index (χ4n) is 1.70. The third kappa shape index (κ3) is 3.68. The van der Waals surface area contributed by atoms with Gasteiger partial charge in [-0.2, -0.15) is 13.2 Å². The van der Waals surface area contributed by atoms with Crippen LogP contribution < -0.4 is 5.32 Å². The molecule has 0 saturated heterocycles. The van der Waals surface area contributed by atoms with E-state index in [9.17, 15) is 23.3 Å². The van der Waals surface area contributed by atoms with Gasteiger partial charge in [-0.15, -0.1) is 5.10 Å². The number of benzene rings is 1. The number of rotatable bonds is 5. The van der Waals surface area contributed by atoms with E-state index in [4.69, 9.17) is 0 Å². The third-order valence-electron chi connectivity index (χ3n) is 2.64. The Morgan fingerprint density at radius 3 is 2.71 bits per heavy atom. The zero-order valence-corrected chi connectivity index (χ0v) is 10.5. The molecule has 1 aromatic carbocycles. The molecule has 0 saturated carbocycles. The van der Waals surface area contributed by atoms with E-state index in [2.05, 4.69) is 15.6 Å². The molecule has 1 heterocycles. The van der Waals surface area contributed by atoms with Crippen molar-refractivity contribution in [2.24, 2.45) is 0 Å². The number of nitrogens with one attached hydrogen (secondary N) is 1. The predicted octanol–water partition coefficient (Wildman–Crippen LogP) is 2.32. The highest BCUT2D eigenvalue weighted by molar-refractivity contribution is 5.55. The van der Waals surface area contributed by atoms with Crippen molar-refractivity contribution in [3.63, 3.8) is 0 Å². The largest absolute Gasteiger partial charge is 0.423 e. The van der Waals surface area contributed by atoms with Gasteiger partial charge in [0.15, 0.2) is 0 Å². The van der Waals surface area contributed by atoms with Crippen molar-refractivity contribution in [1.82, 2.24) is 15.0 Å². The second kappa shape index (κ2) is 5.77. The molecule has 0 spiro atoms. The van der Waals surface area contributed by atoms with E-state index in [1.165, 1.54) is 16.9 Å². The standard InChI is InChI=1S/C11H10F3N5O2/c12-11(13,14)9-7-8(1-2-10(9)19(20)21)15-3-5-18-6-4-16-17-18/h1-2,4,6-7,15H,3,5H2. The van der Waals surface area contributed by atoms with Crippen LogP contribution in [0.25, 0.3) is 0 Å². The summed E-state index contributed by atoms with van der Waals surface area (Å²) in [6, 6.07) is 2.79. The van der Waals surface area contributed by atoms with Crippen molar-refractivity contribution >= 4 is 11.4 Å². The molecule has 1 aromatic heterocycles. The zero-order chi connectivity index (χ0) is 15.5. The van der Waals surface area contributed by atoms with E-state index in [1.807, 2.05) is 0 Å². The molecule has 21 heavy (non-hydrogen) atoms. The van der Waals surface area contributed by atoms with E-state index >= 15 is 0 Å². The zero-order valence-electron chi connectivity index (χ0n) is 10.5. The molecule has 1 N–H and O–H groups in total. The molecular weight excluding hydrogens is 291 g/mol. The summed E-state index contributed by atoms with van der Waals surface area (Å²) >= 11 is 0. The van der Waals surface area contributed by atoms with Gasteiger partial charge in [0.1, 0.15) is 5.56 Å². The predicted molar refractivity (Wildman–Crippen MR) is 66.6 cm³/mol. The summed E-state index contributed by atoms with van der Waals surface area (Å²) in [5, 5.41) is 20.7. The first-order valence-electron chi connectivity index (χ1n) is 5.81. The Labute approximate surface area is 116 Å². The molecule has 0 unspecified atom stereocenters. The van der Waals surface area contributed by atoms with Crippen LogP contribution in [0.3, 0.4) is 0 Å². The van der Waals surface area contributed by atoms with Crippen LogP contribution in [0.2, 0.25) is 0 Å². The van der Waals surface area contributed by atoms with Gasteiger partial charge in [0.2, 0.25) is 0 Å². The quantitative estimate of drug-likeness (QED) is 0.676. The van der Waals surface area contributed by atoms with Crippen molar-refractivity contribution < 1.29 is 18.1 Å². The monoisotopic (exact) mass is 301 g/mol.